The SMILES string of the molecule is CCCCCCCCC#C/C=C/[C@@H](O)CCCCC. The number of aliphatic hydroxyl groups is 1. The van der Waals surface area contributed by atoms with E-state index < -0.39 is 0 Å². The summed E-state index contributed by atoms with van der Waals surface area (Å²) in [6.07, 6.45) is 16.6. The van der Waals surface area contributed by atoms with Crippen LogP contribution in [0.2, 0.25) is 0 Å². The first-order valence-electron chi connectivity index (χ1n) is 8.14. The molecule has 0 rings (SSSR count). The molecule has 1 atom stereocenters. The van der Waals surface area contributed by atoms with Crippen molar-refractivity contribution in [2.75, 3.05) is 0 Å². The molecule has 0 heterocycles. The molecule has 110 valence electrons. The molecule has 0 amide bonds. The maximum atomic E-state index is 9.64. The van der Waals surface area contributed by atoms with Crippen LogP contribution in [0.5, 0.6) is 0 Å². The van der Waals surface area contributed by atoms with Crippen molar-refractivity contribution in [3.8, 4) is 11.8 Å². The molecule has 0 spiro atoms. The third-order valence-electron chi connectivity index (χ3n) is 3.26. The molecule has 1 nitrogen and oxygen atoms in total. The molecule has 0 aromatic heterocycles. The Morgan fingerprint density at radius 2 is 1.53 bits per heavy atom. The number of rotatable bonds is 11. The van der Waals surface area contributed by atoms with Crippen LogP contribution in [-0.4, -0.2) is 11.2 Å². The molecule has 0 aromatic rings. The number of allylic oxidation sites excluding steroid dienone is 1. The fourth-order valence-corrected chi connectivity index (χ4v) is 1.98. The second kappa shape index (κ2) is 15.3. The van der Waals surface area contributed by atoms with Gasteiger partial charge in [-0.25, -0.2) is 0 Å². The van der Waals surface area contributed by atoms with Crippen LogP contribution in [0.1, 0.15) is 84.5 Å². The van der Waals surface area contributed by atoms with E-state index in [1.807, 2.05) is 12.2 Å². The average Bonchev–Trinajstić information content (AvgIpc) is 2.41. The maximum absolute atomic E-state index is 9.64. The molecule has 0 unspecified atom stereocenters. The maximum Gasteiger partial charge on any atom is 0.0730 e. The van der Waals surface area contributed by atoms with Gasteiger partial charge in [0, 0.05) is 6.42 Å². The van der Waals surface area contributed by atoms with Gasteiger partial charge in [-0.1, -0.05) is 77.1 Å². The summed E-state index contributed by atoms with van der Waals surface area (Å²) in [5, 5.41) is 9.64. The normalized spacial score (nSPS) is 12.4. The molecule has 0 radical (unpaired) electrons. The summed E-state index contributed by atoms with van der Waals surface area (Å²) in [5.74, 6) is 6.17. The third kappa shape index (κ3) is 15.2. The summed E-state index contributed by atoms with van der Waals surface area (Å²) in [5.41, 5.74) is 0. The van der Waals surface area contributed by atoms with Gasteiger partial charge in [0.25, 0.3) is 0 Å². The lowest BCUT2D eigenvalue weighted by molar-refractivity contribution is 0.208. The summed E-state index contributed by atoms with van der Waals surface area (Å²) >= 11 is 0. The molecule has 0 aliphatic carbocycles. The second-order valence-corrected chi connectivity index (χ2v) is 5.26. The Morgan fingerprint density at radius 3 is 2.26 bits per heavy atom. The Labute approximate surface area is 120 Å². The Balaban J connectivity index is 3.41. The van der Waals surface area contributed by atoms with Gasteiger partial charge in [0.05, 0.1) is 6.10 Å². The van der Waals surface area contributed by atoms with Crippen LogP contribution in [0.25, 0.3) is 0 Å². The number of hydrogen-bond acceptors (Lipinski definition) is 1. The summed E-state index contributed by atoms with van der Waals surface area (Å²) in [4.78, 5) is 0. The Hall–Kier alpha value is -0.740. The largest absolute Gasteiger partial charge is 0.389 e. The molecule has 0 saturated heterocycles. The van der Waals surface area contributed by atoms with Crippen LogP contribution in [0.15, 0.2) is 12.2 Å². The van der Waals surface area contributed by atoms with Gasteiger partial charge in [-0.3, -0.25) is 0 Å². The van der Waals surface area contributed by atoms with Gasteiger partial charge in [0.15, 0.2) is 0 Å². The predicted octanol–water partition coefficient (Wildman–Crippen LogP) is 5.24. The minimum atomic E-state index is -0.310. The van der Waals surface area contributed by atoms with Crippen molar-refractivity contribution in [1.82, 2.24) is 0 Å². The fraction of sp³-hybridized carbons (Fsp3) is 0.778. The summed E-state index contributed by atoms with van der Waals surface area (Å²) in [7, 11) is 0. The minimum Gasteiger partial charge on any atom is -0.389 e. The van der Waals surface area contributed by atoms with Crippen molar-refractivity contribution in [2.45, 2.75) is 90.6 Å². The van der Waals surface area contributed by atoms with Crippen molar-refractivity contribution in [3.05, 3.63) is 12.2 Å². The molecule has 0 saturated carbocycles. The van der Waals surface area contributed by atoms with Crippen molar-refractivity contribution in [3.63, 3.8) is 0 Å². The van der Waals surface area contributed by atoms with Crippen molar-refractivity contribution in [2.24, 2.45) is 0 Å². The van der Waals surface area contributed by atoms with E-state index in [4.69, 9.17) is 0 Å². The zero-order valence-corrected chi connectivity index (χ0v) is 13.0. The monoisotopic (exact) mass is 264 g/mol. The van der Waals surface area contributed by atoms with Crippen molar-refractivity contribution in [1.29, 1.82) is 0 Å². The highest BCUT2D eigenvalue weighted by molar-refractivity contribution is 5.16. The van der Waals surface area contributed by atoms with Crippen LogP contribution in [-0.2, 0) is 0 Å². The van der Waals surface area contributed by atoms with Gasteiger partial charge in [-0.2, -0.15) is 0 Å². The highest BCUT2D eigenvalue weighted by Crippen LogP contribution is 2.06. The van der Waals surface area contributed by atoms with Gasteiger partial charge in [0.2, 0.25) is 0 Å². The summed E-state index contributed by atoms with van der Waals surface area (Å²) in [6, 6.07) is 0. The standard InChI is InChI=1S/C18H32O/c1-3-5-7-8-9-10-11-12-13-15-17-18(19)16-14-6-4-2/h15,17-19H,3-11,14,16H2,1-2H3/b17-15+/t18-/m0/s1. The Kier molecular flexibility index (Phi) is 14.7. The van der Waals surface area contributed by atoms with Gasteiger partial charge in [0.1, 0.15) is 0 Å². The van der Waals surface area contributed by atoms with Gasteiger partial charge in [-0.05, 0) is 25.0 Å². The lowest BCUT2D eigenvalue weighted by Gasteiger charge is -2.02. The van der Waals surface area contributed by atoms with E-state index in [0.29, 0.717) is 0 Å². The Bertz CT molecular complexity index is 257. The van der Waals surface area contributed by atoms with Crippen LogP contribution in [0.4, 0.5) is 0 Å². The van der Waals surface area contributed by atoms with Gasteiger partial charge < -0.3 is 5.11 Å². The smallest absolute Gasteiger partial charge is 0.0730 e. The number of hydrogen-bond donors (Lipinski definition) is 1. The molecule has 0 bridgehead atoms. The molecule has 1 heteroatoms. The first-order chi connectivity index (χ1) is 9.31. The highest BCUT2D eigenvalue weighted by atomic mass is 16.3. The van der Waals surface area contributed by atoms with Crippen LogP contribution >= 0.6 is 0 Å². The molecule has 19 heavy (non-hydrogen) atoms. The van der Waals surface area contributed by atoms with Gasteiger partial charge >= 0.3 is 0 Å². The predicted molar refractivity (Wildman–Crippen MR) is 85.1 cm³/mol. The van der Waals surface area contributed by atoms with Crippen molar-refractivity contribution >= 4 is 0 Å². The average molecular weight is 264 g/mol. The quantitative estimate of drug-likeness (QED) is 0.400. The fourth-order valence-electron chi connectivity index (χ4n) is 1.98. The zero-order valence-electron chi connectivity index (χ0n) is 13.0. The molecule has 0 fully saturated rings. The lowest BCUT2D eigenvalue weighted by Crippen LogP contribution is -2.00. The topological polar surface area (TPSA) is 20.2 Å². The molecule has 0 aliphatic rings. The van der Waals surface area contributed by atoms with E-state index in [-0.39, 0.29) is 6.10 Å². The van der Waals surface area contributed by atoms with E-state index in [1.165, 1.54) is 51.4 Å². The molecule has 0 aromatic carbocycles. The van der Waals surface area contributed by atoms with E-state index in [2.05, 4.69) is 25.7 Å². The number of aliphatic hydroxyl groups excluding tert-OH is 1. The van der Waals surface area contributed by atoms with E-state index in [1.54, 1.807) is 0 Å². The van der Waals surface area contributed by atoms with E-state index in [0.717, 1.165) is 19.3 Å². The third-order valence-corrected chi connectivity index (χ3v) is 3.26. The van der Waals surface area contributed by atoms with Crippen molar-refractivity contribution < 1.29 is 5.11 Å². The summed E-state index contributed by atoms with van der Waals surface area (Å²) in [6.45, 7) is 4.42. The molecular formula is C18H32O. The van der Waals surface area contributed by atoms with E-state index >= 15 is 0 Å². The van der Waals surface area contributed by atoms with Crippen LogP contribution in [0, 0.1) is 11.8 Å². The van der Waals surface area contributed by atoms with Crippen LogP contribution < -0.4 is 0 Å². The minimum absolute atomic E-state index is 0.310. The van der Waals surface area contributed by atoms with Crippen LogP contribution in [0.3, 0.4) is 0 Å². The molecular weight excluding hydrogens is 232 g/mol. The second-order valence-electron chi connectivity index (χ2n) is 5.26. The summed E-state index contributed by atoms with van der Waals surface area (Å²) < 4.78 is 0. The Morgan fingerprint density at radius 1 is 0.895 bits per heavy atom. The number of unbranched alkanes of at least 4 members (excludes halogenated alkanes) is 8. The first-order valence-corrected chi connectivity index (χ1v) is 8.14. The first kappa shape index (κ1) is 18.3. The lowest BCUT2D eigenvalue weighted by atomic mass is 10.1. The molecule has 1 N–H and O–H groups in total. The molecule has 0 aliphatic heterocycles. The zero-order chi connectivity index (χ0) is 14.2. The highest BCUT2D eigenvalue weighted by Gasteiger charge is 1.96. The van der Waals surface area contributed by atoms with Gasteiger partial charge in [-0.15, -0.1) is 0 Å². The van der Waals surface area contributed by atoms with E-state index in [9.17, 15) is 5.11 Å².